The zero-order chi connectivity index (χ0) is 13.9. The van der Waals surface area contributed by atoms with Crippen LogP contribution in [0.25, 0.3) is 0 Å². The number of rotatable bonds is 3. The van der Waals surface area contributed by atoms with E-state index in [0.717, 1.165) is 0 Å². The minimum absolute atomic E-state index is 0.0231. The molecule has 0 aliphatic heterocycles. The highest BCUT2D eigenvalue weighted by molar-refractivity contribution is 7.89. The van der Waals surface area contributed by atoms with Crippen LogP contribution >= 0.6 is 0 Å². The summed E-state index contributed by atoms with van der Waals surface area (Å²) in [6.45, 7) is 0. The number of hydrogen-bond acceptors (Lipinski definition) is 5. The van der Waals surface area contributed by atoms with Gasteiger partial charge in [0.15, 0.2) is 0 Å². The fraction of sp³-hybridized carbons (Fsp3) is 0. The molecule has 0 unspecified atom stereocenters. The number of carbonyl (C=O) groups excluding carboxylic acids is 1. The number of hydrogen-bond donors (Lipinski definition) is 2. The van der Waals surface area contributed by atoms with Gasteiger partial charge in [0.05, 0.1) is 11.1 Å². The quantitative estimate of drug-likeness (QED) is 0.842. The van der Waals surface area contributed by atoms with Gasteiger partial charge in [-0.25, -0.2) is 18.5 Å². The first kappa shape index (κ1) is 13.1. The third-order valence-corrected chi connectivity index (χ3v) is 3.17. The predicted molar refractivity (Wildman–Crippen MR) is 67.8 cm³/mol. The summed E-state index contributed by atoms with van der Waals surface area (Å²) in [6, 6.07) is 5.49. The van der Waals surface area contributed by atoms with E-state index in [2.05, 4.69) is 15.3 Å². The number of aromatic nitrogens is 2. The fourth-order valence-corrected chi connectivity index (χ4v) is 1.85. The maximum Gasteiger partial charge on any atom is 0.275 e. The third-order valence-electron chi connectivity index (χ3n) is 2.24. The number of benzene rings is 1. The fourth-order valence-electron chi connectivity index (χ4n) is 1.34. The molecule has 0 saturated carbocycles. The lowest BCUT2D eigenvalue weighted by atomic mass is 10.3. The molecule has 0 radical (unpaired) electrons. The van der Waals surface area contributed by atoms with E-state index < -0.39 is 15.9 Å². The van der Waals surface area contributed by atoms with Crippen LogP contribution in [0, 0.1) is 0 Å². The summed E-state index contributed by atoms with van der Waals surface area (Å²) in [5, 5.41) is 7.53. The van der Waals surface area contributed by atoms with Crippen molar-refractivity contribution in [2.75, 3.05) is 5.32 Å². The second kappa shape index (κ2) is 5.12. The van der Waals surface area contributed by atoms with Crippen LogP contribution in [0.1, 0.15) is 10.5 Å². The molecule has 0 atom stereocenters. The molecular formula is C11H10N4O3S. The Morgan fingerprint density at radius 3 is 2.37 bits per heavy atom. The van der Waals surface area contributed by atoms with Crippen molar-refractivity contribution in [2.24, 2.45) is 5.14 Å². The van der Waals surface area contributed by atoms with Crippen molar-refractivity contribution in [2.45, 2.75) is 4.90 Å². The van der Waals surface area contributed by atoms with Crippen LogP contribution in [0.2, 0.25) is 0 Å². The smallest absolute Gasteiger partial charge is 0.275 e. The van der Waals surface area contributed by atoms with Crippen molar-refractivity contribution in [3.8, 4) is 0 Å². The molecule has 1 heterocycles. The Hall–Kier alpha value is -2.32. The molecule has 7 nitrogen and oxygen atoms in total. The SMILES string of the molecule is NS(=O)(=O)c1ccc(NC(=O)c2cnccn2)cc1. The zero-order valence-corrected chi connectivity index (χ0v) is 10.5. The molecular weight excluding hydrogens is 268 g/mol. The lowest BCUT2D eigenvalue weighted by Gasteiger charge is -2.05. The lowest BCUT2D eigenvalue weighted by Crippen LogP contribution is -2.14. The van der Waals surface area contributed by atoms with E-state index in [4.69, 9.17) is 5.14 Å². The summed E-state index contributed by atoms with van der Waals surface area (Å²) in [5.41, 5.74) is 0.598. The number of sulfonamides is 1. The van der Waals surface area contributed by atoms with Crippen LogP contribution in [0.5, 0.6) is 0 Å². The van der Waals surface area contributed by atoms with Crippen molar-refractivity contribution >= 4 is 21.6 Å². The van der Waals surface area contributed by atoms with Gasteiger partial charge >= 0.3 is 0 Å². The molecule has 8 heteroatoms. The van der Waals surface area contributed by atoms with Gasteiger partial charge in [0.2, 0.25) is 10.0 Å². The van der Waals surface area contributed by atoms with Gasteiger partial charge in [-0.1, -0.05) is 0 Å². The van der Waals surface area contributed by atoms with Crippen molar-refractivity contribution in [1.82, 2.24) is 9.97 Å². The number of primary sulfonamides is 1. The van der Waals surface area contributed by atoms with Crippen molar-refractivity contribution < 1.29 is 13.2 Å². The van der Waals surface area contributed by atoms with E-state index in [0.29, 0.717) is 5.69 Å². The molecule has 0 spiro atoms. The Morgan fingerprint density at radius 1 is 1.16 bits per heavy atom. The second-order valence-electron chi connectivity index (χ2n) is 3.61. The topological polar surface area (TPSA) is 115 Å². The lowest BCUT2D eigenvalue weighted by molar-refractivity contribution is 0.102. The minimum atomic E-state index is -3.74. The van der Waals surface area contributed by atoms with E-state index in [1.54, 1.807) is 0 Å². The Kier molecular flexibility index (Phi) is 3.54. The third kappa shape index (κ3) is 3.33. The number of anilines is 1. The number of carbonyl (C=O) groups is 1. The Morgan fingerprint density at radius 2 is 1.84 bits per heavy atom. The highest BCUT2D eigenvalue weighted by Gasteiger charge is 2.09. The number of nitrogens with one attached hydrogen (secondary N) is 1. The molecule has 0 aliphatic rings. The maximum atomic E-state index is 11.7. The highest BCUT2D eigenvalue weighted by atomic mass is 32.2. The van der Waals surface area contributed by atoms with Gasteiger partial charge in [0, 0.05) is 18.1 Å². The van der Waals surface area contributed by atoms with E-state index in [1.165, 1.54) is 42.9 Å². The van der Waals surface area contributed by atoms with Gasteiger partial charge in [-0.05, 0) is 24.3 Å². The van der Waals surface area contributed by atoms with Crippen LogP contribution in [0.3, 0.4) is 0 Å². The minimum Gasteiger partial charge on any atom is -0.321 e. The normalized spacial score (nSPS) is 11.0. The maximum absolute atomic E-state index is 11.7. The van der Waals surface area contributed by atoms with Gasteiger partial charge in [0.25, 0.3) is 5.91 Å². The molecule has 19 heavy (non-hydrogen) atoms. The van der Waals surface area contributed by atoms with Gasteiger partial charge in [-0.3, -0.25) is 9.78 Å². The van der Waals surface area contributed by atoms with Crippen LogP contribution in [0.15, 0.2) is 47.8 Å². The van der Waals surface area contributed by atoms with Gasteiger partial charge in [0.1, 0.15) is 5.69 Å². The van der Waals surface area contributed by atoms with Crippen molar-refractivity contribution in [3.05, 3.63) is 48.5 Å². The first-order valence-corrected chi connectivity index (χ1v) is 6.72. The molecule has 1 amide bonds. The summed E-state index contributed by atoms with van der Waals surface area (Å²) in [7, 11) is -3.74. The summed E-state index contributed by atoms with van der Waals surface area (Å²) in [6.07, 6.45) is 4.19. The number of amides is 1. The van der Waals surface area contributed by atoms with Gasteiger partial charge in [-0.15, -0.1) is 0 Å². The van der Waals surface area contributed by atoms with Crippen LogP contribution < -0.4 is 10.5 Å². The molecule has 98 valence electrons. The van der Waals surface area contributed by atoms with E-state index in [9.17, 15) is 13.2 Å². The van der Waals surface area contributed by atoms with Crippen LogP contribution in [-0.4, -0.2) is 24.3 Å². The summed E-state index contributed by atoms with van der Waals surface area (Å²) in [5.74, 6) is -0.434. The Labute approximate surface area is 109 Å². The standard InChI is InChI=1S/C11H10N4O3S/c12-19(17,18)9-3-1-8(2-4-9)15-11(16)10-7-13-5-6-14-10/h1-7H,(H,15,16)(H2,12,17,18). The monoisotopic (exact) mass is 278 g/mol. The average molecular weight is 278 g/mol. The van der Waals surface area contributed by atoms with E-state index >= 15 is 0 Å². The largest absolute Gasteiger partial charge is 0.321 e. The van der Waals surface area contributed by atoms with E-state index in [-0.39, 0.29) is 10.6 Å². The van der Waals surface area contributed by atoms with Crippen LogP contribution in [0.4, 0.5) is 5.69 Å². The molecule has 1 aromatic heterocycles. The van der Waals surface area contributed by atoms with Crippen molar-refractivity contribution in [1.29, 1.82) is 0 Å². The number of nitrogens with zero attached hydrogens (tertiary/aromatic N) is 2. The highest BCUT2D eigenvalue weighted by Crippen LogP contribution is 2.13. The molecule has 2 rings (SSSR count). The van der Waals surface area contributed by atoms with E-state index in [1.807, 2.05) is 0 Å². The van der Waals surface area contributed by atoms with Gasteiger partial charge in [-0.2, -0.15) is 0 Å². The summed E-state index contributed by atoms with van der Waals surface area (Å²) >= 11 is 0. The predicted octanol–water partition coefficient (Wildman–Crippen LogP) is 0.376. The summed E-state index contributed by atoms with van der Waals surface area (Å²) < 4.78 is 22.1. The Balaban J connectivity index is 2.15. The zero-order valence-electron chi connectivity index (χ0n) is 9.65. The van der Waals surface area contributed by atoms with Crippen LogP contribution in [-0.2, 0) is 10.0 Å². The molecule has 0 fully saturated rings. The number of nitrogens with two attached hydrogens (primary N) is 1. The first-order valence-electron chi connectivity index (χ1n) is 5.17. The second-order valence-corrected chi connectivity index (χ2v) is 5.18. The summed E-state index contributed by atoms with van der Waals surface area (Å²) in [4.78, 5) is 19.3. The van der Waals surface area contributed by atoms with Gasteiger partial charge < -0.3 is 5.32 Å². The Bertz CT molecular complexity index is 684. The molecule has 2 aromatic rings. The molecule has 0 bridgehead atoms. The molecule has 1 aromatic carbocycles. The first-order chi connectivity index (χ1) is 8.97. The van der Waals surface area contributed by atoms with Crippen molar-refractivity contribution in [3.63, 3.8) is 0 Å². The molecule has 0 saturated heterocycles. The average Bonchev–Trinajstić information content (AvgIpc) is 2.39. The molecule has 3 N–H and O–H groups in total. The molecule has 0 aliphatic carbocycles.